The van der Waals surface area contributed by atoms with Gasteiger partial charge in [-0.25, -0.2) is 16.8 Å². The zero-order valence-electron chi connectivity index (χ0n) is 14.5. The third kappa shape index (κ3) is 4.12. The molecule has 0 saturated heterocycles. The molecule has 0 bridgehead atoms. The molecular formula is C18H27O4PS2. The van der Waals surface area contributed by atoms with E-state index in [0.29, 0.717) is 31.0 Å². The highest BCUT2D eigenvalue weighted by Crippen LogP contribution is 2.55. The molecule has 25 heavy (non-hydrogen) atoms. The molecule has 0 aromatic heterocycles. The fraction of sp³-hybridized carbons (Fsp3) is 0.667. The van der Waals surface area contributed by atoms with Crippen molar-refractivity contribution in [2.24, 2.45) is 0 Å². The fourth-order valence-electron chi connectivity index (χ4n) is 3.99. The van der Waals surface area contributed by atoms with E-state index in [1.807, 2.05) is 0 Å². The predicted molar refractivity (Wildman–Crippen MR) is 105 cm³/mol. The predicted octanol–water partition coefficient (Wildman–Crippen LogP) is 4.12. The van der Waals surface area contributed by atoms with Crippen molar-refractivity contribution in [3.8, 4) is 0 Å². The van der Waals surface area contributed by atoms with Crippen molar-refractivity contribution < 1.29 is 16.8 Å². The summed E-state index contributed by atoms with van der Waals surface area (Å²) >= 11 is 0. The van der Waals surface area contributed by atoms with Gasteiger partial charge in [0.25, 0.3) is 0 Å². The fourth-order valence-corrected chi connectivity index (χ4v) is 18.7. The monoisotopic (exact) mass is 402 g/mol. The van der Waals surface area contributed by atoms with E-state index < -0.39 is 35.7 Å². The lowest BCUT2D eigenvalue weighted by Gasteiger charge is -2.30. The Kier molecular flexibility index (Phi) is 6.23. The van der Waals surface area contributed by atoms with E-state index in [4.69, 9.17) is 0 Å². The van der Waals surface area contributed by atoms with Crippen LogP contribution in [0.1, 0.15) is 64.2 Å². The van der Waals surface area contributed by atoms with Gasteiger partial charge in [-0.05, 0) is 25.7 Å². The maximum atomic E-state index is 13.4. The molecule has 0 atom stereocenters. The molecule has 4 nitrogen and oxygen atoms in total. The summed E-state index contributed by atoms with van der Waals surface area (Å²) in [7, 11) is -7.41. The van der Waals surface area contributed by atoms with Gasteiger partial charge in [-0.3, -0.25) is 0 Å². The van der Waals surface area contributed by atoms with Crippen molar-refractivity contribution in [2.75, 3.05) is 0 Å². The van der Waals surface area contributed by atoms with E-state index in [2.05, 4.69) is 0 Å². The lowest BCUT2D eigenvalue weighted by Crippen LogP contribution is -2.32. The normalized spacial score (nSPS) is 21.5. The van der Waals surface area contributed by atoms with Gasteiger partial charge in [0, 0.05) is 5.30 Å². The average Bonchev–Trinajstić information content (AvgIpc) is 2.64. The van der Waals surface area contributed by atoms with Gasteiger partial charge < -0.3 is 0 Å². The van der Waals surface area contributed by atoms with Crippen LogP contribution in [-0.2, 0) is 18.9 Å². The van der Waals surface area contributed by atoms with Gasteiger partial charge >= 0.3 is 0 Å². The Labute approximate surface area is 152 Å². The molecule has 0 radical (unpaired) electrons. The second kappa shape index (κ2) is 8.06. The lowest BCUT2D eigenvalue weighted by molar-refractivity contribution is 0.488. The maximum Gasteiger partial charge on any atom is 0.189 e. The molecule has 0 N–H and O–H groups in total. The second-order valence-electron chi connectivity index (χ2n) is 7.14. The molecule has 3 rings (SSSR count). The van der Waals surface area contributed by atoms with E-state index in [0.717, 1.165) is 38.5 Å². The third-order valence-corrected chi connectivity index (χ3v) is 19.2. The van der Waals surface area contributed by atoms with Gasteiger partial charge in [0.05, 0.1) is 10.5 Å². The van der Waals surface area contributed by atoms with Gasteiger partial charge in [-0.1, -0.05) is 68.9 Å². The Morgan fingerprint density at radius 1 is 0.640 bits per heavy atom. The Balaban J connectivity index is 2.04. The van der Waals surface area contributed by atoms with Crippen molar-refractivity contribution in [3.63, 3.8) is 0 Å². The minimum Gasteiger partial charge on any atom is -0.223 e. The van der Waals surface area contributed by atoms with Crippen molar-refractivity contribution in [1.29, 1.82) is 0 Å². The van der Waals surface area contributed by atoms with E-state index in [9.17, 15) is 16.8 Å². The van der Waals surface area contributed by atoms with Gasteiger partial charge in [0.15, 0.2) is 25.2 Å². The highest BCUT2D eigenvalue weighted by Gasteiger charge is 2.47. The molecule has 0 amide bonds. The van der Waals surface area contributed by atoms with Crippen LogP contribution in [0.5, 0.6) is 0 Å². The van der Waals surface area contributed by atoms with Crippen LogP contribution in [-0.4, -0.2) is 27.3 Å². The first-order valence-corrected chi connectivity index (χ1v) is 14.9. The first-order chi connectivity index (χ1) is 11.9. The summed E-state index contributed by atoms with van der Waals surface area (Å²) in [6.07, 6.45) is 5.79. The molecule has 2 fully saturated rings. The van der Waals surface area contributed by atoms with Crippen LogP contribution in [0.25, 0.3) is 0 Å². The minimum atomic E-state index is -3.71. The molecule has 2 aliphatic carbocycles. The second-order valence-corrected chi connectivity index (χ2v) is 17.5. The van der Waals surface area contributed by atoms with Crippen LogP contribution in [0.2, 0.25) is 0 Å². The average molecular weight is 403 g/mol. The first-order valence-electron chi connectivity index (χ1n) is 9.27. The minimum absolute atomic E-state index is 0.480. The topological polar surface area (TPSA) is 68.3 Å². The summed E-state index contributed by atoms with van der Waals surface area (Å²) in [5, 5.41) is -0.509. The number of rotatable bonds is 5. The van der Waals surface area contributed by atoms with E-state index in [1.165, 1.54) is 0 Å². The van der Waals surface area contributed by atoms with Gasteiger partial charge in [0.1, 0.15) is 0 Å². The SMILES string of the molecule is O=S(=O)(C1CCCCC1)P(c1ccccc1)S(=O)(=O)C1CCCCC1. The molecule has 0 spiro atoms. The van der Waals surface area contributed by atoms with Crippen LogP contribution in [0, 0.1) is 0 Å². The molecule has 1 aromatic carbocycles. The van der Waals surface area contributed by atoms with Gasteiger partial charge in [0.2, 0.25) is 0 Å². The van der Waals surface area contributed by atoms with Crippen molar-refractivity contribution in [3.05, 3.63) is 30.3 Å². The van der Waals surface area contributed by atoms with Crippen molar-refractivity contribution >= 4 is 30.5 Å². The third-order valence-electron chi connectivity index (χ3n) is 5.38. The van der Waals surface area contributed by atoms with E-state index in [-0.39, 0.29) is 0 Å². The highest BCUT2D eigenvalue weighted by molar-refractivity contribution is 8.84. The van der Waals surface area contributed by atoms with Crippen LogP contribution >= 0.6 is 6.33 Å². The summed E-state index contributed by atoms with van der Waals surface area (Å²) in [5.74, 6) is 0. The zero-order chi connectivity index (χ0) is 17.9. The summed E-state index contributed by atoms with van der Waals surface area (Å²) in [5.41, 5.74) is 0. The summed E-state index contributed by atoms with van der Waals surface area (Å²) < 4.78 is 53.7. The Hall–Kier alpha value is -0.450. The summed E-state index contributed by atoms with van der Waals surface area (Å²) in [6.45, 7) is 0. The quantitative estimate of drug-likeness (QED) is 0.695. The molecule has 140 valence electrons. The molecule has 0 heterocycles. The zero-order valence-corrected chi connectivity index (χ0v) is 17.0. The van der Waals surface area contributed by atoms with E-state index in [1.54, 1.807) is 30.3 Å². The standard InChI is InChI=1S/C18H27O4PS2/c19-24(20,17-12-6-2-7-13-17)23(16-10-4-1-5-11-16)25(21,22)18-14-8-3-9-15-18/h1,4-5,10-11,17-18H,2-3,6-9,12-15H2. The van der Waals surface area contributed by atoms with Crippen molar-refractivity contribution in [1.82, 2.24) is 0 Å². The van der Waals surface area contributed by atoms with Crippen LogP contribution in [0.4, 0.5) is 0 Å². The van der Waals surface area contributed by atoms with Crippen molar-refractivity contribution in [2.45, 2.75) is 74.7 Å². The largest absolute Gasteiger partial charge is 0.223 e. The molecule has 2 aliphatic rings. The lowest BCUT2D eigenvalue weighted by atomic mass is 10.0. The molecule has 7 heteroatoms. The molecule has 0 unspecified atom stereocenters. The maximum absolute atomic E-state index is 13.4. The Morgan fingerprint density at radius 3 is 1.44 bits per heavy atom. The highest BCUT2D eigenvalue weighted by atomic mass is 33.1. The van der Waals surface area contributed by atoms with Crippen LogP contribution < -0.4 is 5.30 Å². The Morgan fingerprint density at radius 2 is 1.04 bits per heavy atom. The van der Waals surface area contributed by atoms with E-state index >= 15 is 0 Å². The molecule has 0 aliphatic heterocycles. The smallest absolute Gasteiger partial charge is 0.189 e. The van der Waals surface area contributed by atoms with Gasteiger partial charge in [-0.15, -0.1) is 0 Å². The summed E-state index contributed by atoms with van der Waals surface area (Å²) in [4.78, 5) is 0. The summed E-state index contributed by atoms with van der Waals surface area (Å²) in [6, 6.07) is 8.67. The van der Waals surface area contributed by atoms with Crippen LogP contribution in [0.3, 0.4) is 0 Å². The van der Waals surface area contributed by atoms with Crippen LogP contribution in [0.15, 0.2) is 30.3 Å². The number of benzene rings is 1. The van der Waals surface area contributed by atoms with Gasteiger partial charge in [-0.2, -0.15) is 0 Å². The first kappa shape index (κ1) is 19.3. The molecule has 2 saturated carbocycles. The molecular weight excluding hydrogens is 375 g/mol. The number of hydrogen-bond acceptors (Lipinski definition) is 4. The number of hydrogen-bond donors (Lipinski definition) is 0. The molecule has 1 aromatic rings. The Bertz CT molecular complexity index is 715.